The molecule has 2 unspecified atom stereocenters. The Morgan fingerprint density at radius 3 is 2.44 bits per heavy atom. The summed E-state index contributed by atoms with van der Waals surface area (Å²) in [7, 11) is 6.44. The highest BCUT2D eigenvalue weighted by Gasteiger charge is 2.21. The van der Waals surface area contributed by atoms with Crippen molar-refractivity contribution in [3.05, 3.63) is 75.6 Å². The molecule has 2 aromatic carbocycles. The lowest BCUT2D eigenvalue weighted by Gasteiger charge is -2.17. The molecule has 1 amide bonds. The zero-order chi connectivity index (χ0) is 28.5. The van der Waals surface area contributed by atoms with Crippen molar-refractivity contribution in [2.45, 2.75) is 25.4 Å². The number of anilines is 1. The summed E-state index contributed by atoms with van der Waals surface area (Å²) in [6.45, 7) is 0. The Morgan fingerprint density at radius 2 is 1.82 bits per heavy atom. The summed E-state index contributed by atoms with van der Waals surface area (Å²) in [5, 5.41) is 4.16. The van der Waals surface area contributed by atoms with Gasteiger partial charge in [-0.3, -0.25) is 10.1 Å². The van der Waals surface area contributed by atoms with Crippen LogP contribution in [-0.2, 0) is 19.0 Å². The third-order valence-corrected chi connectivity index (χ3v) is 6.97. The van der Waals surface area contributed by atoms with E-state index in [0.29, 0.717) is 17.7 Å². The molecular weight excluding hydrogens is 552 g/mol. The van der Waals surface area contributed by atoms with Crippen LogP contribution in [0.1, 0.15) is 46.9 Å². The zero-order valence-corrected chi connectivity index (χ0v) is 23.5. The predicted molar refractivity (Wildman–Crippen MR) is 147 cm³/mol. The minimum absolute atomic E-state index is 0.112. The molecule has 3 rings (SSSR count). The van der Waals surface area contributed by atoms with Gasteiger partial charge in [0.1, 0.15) is 17.5 Å². The zero-order valence-electron chi connectivity index (χ0n) is 21.6. The fourth-order valence-corrected chi connectivity index (χ4v) is 4.78. The number of nitrogens with one attached hydrogen (secondary N) is 1. The second-order valence-electron chi connectivity index (χ2n) is 8.27. The minimum Gasteiger partial charge on any atom is -0.490 e. The average molecular weight is 581 g/mol. The largest absolute Gasteiger partial charge is 0.490 e. The highest BCUT2D eigenvalue weighted by molar-refractivity contribution is 7.16. The first-order valence-electron chi connectivity index (χ1n) is 11.9. The monoisotopic (exact) mass is 580 g/mol. The topological polar surface area (TPSA) is 86.8 Å². The van der Waals surface area contributed by atoms with Crippen molar-refractivity contribution in [3.8, 4) is 11.3 Å². The van der Waals surface area contributed by atoms with E-state index in [4.69, 9.17) is 9.47 Å². The average Bonchev–Trinajstić information content (AvgIpc) is 3.39. The summed E-state index contributed by atoms with van der Waals surface area (Å²) in [6.07, 6.45) is 3.92. The molecule has 0 radical (unpaired) electrons. The lowest BCUT2D eigenvalue weighted by molar-refractivity contribution is -0.139. The molecule has 1 N–H and O–H groups in total. The minimum atomic E-state index is -1.09. The van der Waals surface area contributed by atoms with E-state index in [0.717, 1.165) is 62.8 Å². The van der Waals surface area contributed by atoms with Crippen molar-refractivity contribution < 1.29 is 37.0 Å². The Bertz CT molecular complexity index is 1340. The number of aromatic nitrogens is 1. The molecule has 3 aromatic rings. The van der Waals surface area contributed by atoms with Gasteiger partial charge in [0.25, 0.3) is 5.91 Å². The third-order valence-electron chi connectivity index (χ3n) is 5.80. The van der Waals surface area contributed by atoms with Gasteiger partial charge in [-0.15, -0.1) is 20.6 Å². The van der Waals surface area contributed by atoms with Crippen molar-refractivity contribution in [2.24, 2.45) is 0 Å². The van der Waals surface area contributed by atoms with Crippen LogP contribution in [0.15, 0.2) is 41.5 Å². The van der Waals surface area contributed by atoms with E-state index in [1.165, 1.54) is 7.11 Å². The molecule has 0 saturated heterocycles. The number of methoxy groups -OCH3 is 3. The number of thiazole rings is 1. The van der Waals surface area contributed by atoms with Crippen LogP contribution in [0.3, 0.4) is 0 Å². The van der Waals surface area contributed by atoms with Crippen molar-refractivity contribution >= 4 is 43.7 Å². The number of ether oxygens (including phenoxy) is 3. The number of benzene rings is 2. The Hall–Kier alpha value is -3.27. The van der Waals surface area contributed by atoms with Crippen LogP contribution in [0, 0.1) is 17.5 Å². The summed E-state index contributed by atoms with van der Waals surface area (Å²) in [5.41, 5.74) is 0.0507. The van der Waals surface area contributed by atoms with Gasteiger partial charge in [-0.05, 0) is 37.2 Å². The molecule has 0 spiro atoms. The van der Waals surface area contributed by atoms with E-state index >= 15 is 4.39 Å². The molecule has 0 aliphatic carbocycles. The Morgan fingerprint density at radius 1 is 1.10 bits per heavy atom. The van der Waals surface area contributed by atoms with Gasteiger partial charge < -0.3 is 14.2 Å². The SMILES string of the molecule is COC(=O)/C(=C/c1c(F)cc(C(=O)Nc2nc(-c3cccc(C(CCCCP)OC)c3F)cs2)cc1F)OC. The maximum absolute atomic E-state index is 15.4. The van der Waals surface area contributed by atoms with Gasteiger partial charge in [-0.2, -0.15) is 0 Å². The van der Waals surface area contributed by atoms with Gasteiger partial charge in [0.2, 0.25) is 5.76 Å². The maximum Gasteiger partial charge on any atom is 0.373 e. The molecule has 7 nitrogen and oxygen atoms in total. The summed E-state index contributed by atoms with van der Waals surface area (Å²) in [6, 6.07) is 6.59. The quantitative estimate of drug-likeness (QED) is 0.0881. The highest BCUT2D eigenvalue weighted by Crippen LogP contribution is 2.33. The molecule has 1 aromatic heterocycles. The molecular formula is C27H28F3N2O5PS. The van der Waals surface area contributed by atoms with Crippen LogP contribution < -0.4 is 5.32 Å². The number of carbonyl (C=O) groups excluding carboxylic acids is 2. The van der Waals surface area contributed by atoms with E-state index in [9.17, 15) is 18.4 Å². The fraction of sp³-hybridized carbons (Fsp3) is 0.296. The first-order valence-corrected chi connectivity index (χ1v) is 13.5. The van der Waals surface area contributed by atoms with Crippen molar-refractivity contribution in [3.63, 3.8) is 0 Å². The van der Waals surface area contributed by atoms with E-state index in [1.54, 1.807) is 23.6 Å². The van der Waals surface area contributed by atoms with Gasteiger partial charge in [-0.25, -0.2) is 22.9 Å². The molecule has 0 bridgehead atoms. The number of nitrogens with zero attached hydrogens (tertiary/aromatic N) is 1. The van der Waals surface area contributed by atoms with Gasteiger partial charge >= 0.3 is 5.97 Å². The van der Waals surface area contributed by atoms with Crippen molar-refractivity contribution in [2.75, 3.05) is 32.8 Å². The number of carbonyl (C=O) groups is 2. The van der Waals surface area contributed by atoms with Crippen LogP contribution >= 0.6 is 20.6 Å². The Labute approximate surface area is 230 Å². The highest BCUT2D eigenvalue weighted by atomic mass is 32.1. The standard InChI is InChI=1S/C27H28F3N2O5PS/c1-35-22(9-4-5-10-38)17-8-6-7-16(24(17)30)21-14-39-27(31-21)32-25(33)15-11-19(28)18(20(29)12-15)13-23(36-2)26(34)37-3/h6-8,11-14,22H,4-5,9-10,38H2,1-3H3,(H,31,32,33)/b23-13-. The van der Waals surface area contributed by atoms with Crippen LogP contribution in [0.2, 0.25) is 0 Å². The van der Waals surface area contributed by atoms with Crippen LogP contribution in [0.5, 0.6) is 0 Å². The maximum atomic E-state index is 15.4. The molecule has 39 heavy (non-hydrogen) atoms. The number of halogens is 3. The smallest absolute Gasteiger partial charge is 0.373 e. The normalized spacial score (nSPS) is 12.2. The molecule has 0 aliphatic heterocycles. The third kappa shape index (κ3) is 7.44. The van der Waals surface area contributed by atoms with Crippen molar-refractivity contribution in [1.29, 1.82) is 0 Å². The molecule has 208 valence electrons. The number of esters is 1. The lowest BCUT2D eigenvalue weighted by atomic mass is 9.99. The Balaban J connectivity index is 1.80. The number of hydrogen-bond acceptors (Lipinski definition) is 7. The predicted octanol–water partition coefficient (Wildman–Crippen LogP) is 6.37. The molecule has 12 heteroatoms. The summed E-state index contributed by atoms with van der Waals surface area (Å²) < 4.78 is 59.5. The number of amides is 1. The van der Waals surface area contributed by atoms with Crippen LogP contribution in [0.4, 0.5) is 18.3 Å². The second kappa shape index (κ2) is 14.2. The van der Waals surface area contributed by atoms with Gasteiger partial charge in [0, 0.05) is 40.8 Å². The van der Waals surface area contributed by atoms with Gasteiger partial charge in [0.05, 0.1) is 26.0 Å². The second-order valence-corrected chi connectivity index (χ2v) is 9.70. The molecule has 0 aliphatic rings. The van der Waals surface area contributed by atoms with E-state index in [2.05, 4.69) is 24.3 Å². The number of unbranched alkanes of at least 4 members (excludes halogenated alkanes) is 1. The van der Waals surface area contributed by atoms with Crippen LogP contribution in [0.25, 0.3) is 17.3 Å². The van der Waals surface area contributed by atoms with E-state index in [-0.39, 0.29) is 16.3 Å². The molecule has 0 saturated carbocycles. The Kier molecular flexibility index (Phi) is 11.0. The first-order chi connectivity index (χ1) is 18.7. The molecule has 1 heterocycles. The first kappa shape index (κ1) is 30.3. The number of hydrogen-bond donors (Lipinski definition) is 1. The van der Waals surface area contributed by atoms with E-state index < -0.39 is 46.8 Å². The lowest BCUT2D eigenvalue weighted by Crippen LogP contribution is -2.13. The van der Waals surface area contributed by atoms with E-state index in [1.807, 2.05) is 0 Å². The fourth-order valence-electron chi connectivity index (χ4n) is 3.78. The van der Waals surface area contributed by atoms with Gasteiger partial charge in [0.15, 0.2) is 5.13 Å². The summed E-state index contributed by atoms with van der Waals surface area (Å²) in [5.74, 6) is -4.82. The molecule has 2 atom stereocenters. The summed E-state index contributed by atoms with van der Waals surface area (Å²) in [4.78, 5) is 28.6. The van der Waals surface area contributed by atoms with Crippen molar-refractivity contribution in [1.82, 2.24) is 4.98 Å². The van der Waals surface area contributed by atoms with Crippen LogP contribution in [-0.4, -0.2) is 44.4 Å². The summed E-state index contributed by atoms with van der Waals surface area (Å²) >= 11 is 1.03. The number of rotatable bonds is 12. The molecule has 0 fully saturated rings. The van der Waals surface area contributed by atoms with Gasteiger partial charge in [-0.1, -0.05) is 18.6 Å².